The van der Waals surface area contributed by atoms with Crippen molar-refractivity contribution in [2.75, 3.05) is 5.32 Å². The number of thiophene rings is 1. The third kappa shape index (κ3) is 3.76. The molecule has 1 amide bonds. The van der Waals surface area contributed by atoms with Crippen molar-refractivity contribution >= 4 is 39.8 Å². The summed E-state index contributed by atoms with van der Waals surface area (Å²) in [5.74, 6) is -0.548. The highest BCUT2D eigenvalue weighted by Crippen LogP contribution is 2.31. The summed E-state index contributed by atoms with van der Waals surface area (Å²) in [7, 11) is 0. The fraction of sp³-hybridized carbons (Fsp3) is 0.235. The topological polar surface area (TPSA) is 88.4 Å². The predicted octanol–water partition coefficient (Wildman–Crippen LogP) is 3.15. The van der Waals surface area contributed by atoms with Gasteiger partial charge in [0.2, 0.25) is 0 Å². The normalized spacial score (nSPS) is 16.3. The van der Waals surface area contributed by atoms with E-state index in [9.17, 15) is 9.59 Å². The second-order valence-corrected chi connectivity index (χ2v) is 6.76. The third-order valence-electron chi connectivity index (χ3n) is 3.64. The van der Waals surface area contributed by atoms with Crippen LogP contribution in [0.4, 0.5) is 5.00 Å². The first-order valence-electron chi connectivity index (χ1n) is 7.42. The van der Waals surface area contributed by atoms with Gasteiger partial charge in [-0.25, -0.2) is 4.79 Å². The Bertz CT molecular complexity index is 874. The first-order chi connectivity index (χ1) is 12.0. The number of hydrogen-bond donors (Lipinski definition) is 1. The molecular formula is C17H13ClN2O4S. The number of carbonyl (C=O) groups excluding carboxylic acids is 2. The van der Waals surface area contributed by atoms with Gasteiger partial charge in [-0.15, -0.1) is 11.3 Å². The smallest absolute Gasteiger partial charge is 0.348 e. The summed E-state index contributed by atoms with van der Waals surface area (Å²) in [4.78, 5) is 24.4. The number of nitrogens with zero attached hydrogens (tertiary/aromatic N) is 1. The number of benzene rings is 1. The summed E-state index contributed by atoms with van der Waals surface area (Å²) in [5, 5.41) is 14.2. The van der Waals surface area contributed by atoms with Gasteiger partial charge in [0.1, 0.15) is 16.8 Å². The number of nitriles is 1. The van der Waals surface area contributed by atoms with Crippen molar-refractivity contribution in [2.24, 2.45) is 0 Å². The summed E-state index contributed by atoms with van der Waals surface area (Å²) in [6.45, 7) is 1.46. The van der Waals surface area contributed by atoms with E-state index in [4.69, 9.17) is 26.3 Å². The fourth-order valence-corrected chi connectivity index (χ4v) is 3.29. The van der Waals surface area contributed by atoms with Crippen molar-refractivity contribution < 1.29 is 19.1 Å². The van der Waals surface area contributed by atoms with Crippen LogP contribution < -0.4 is 10.1 Å². The van der Waals surface area contributed by atoms with E-state index in [0.717, 1.165) is 5.56 Å². The zero-order valence-corrected chi connectivity index (χ0v) is 14.7. The van der Waals surface area contributed by atoms with Crippen LogP contribution in [-0.4, -0.2) is 24.1 Å². The Morgan fingerprint density at radius 1 is 1.48 bits per heavy atom. The average molecular weight is 377 g/mol. The van der Waals surface area contributed by atoms with Crippen molar-refractivity contribution in [1.29, 1.82) is 5.26 Å². The molecule has 1 aromatic carbocycles. The number of esters is 1. The van der Waals surface area contributed by atoms with Crippen molar-refractivity contribution in [3.63, 3.8) is 0 Å². The molecule has 0 saturated heterocycles. The maximum Gasteiger partial charge on any atom is 0.348 e. The molecular weight excluding hydrogens is 364 g/mol. The van der Waals surface area contributed by atoms with E-state index in [-0.39, 0.29) is 0 Å². The van der Waals surface area contributed by atoms with Crippen molar-refractivity contribution in [3.8, 4) is 11.8 Å². The second-order valence-electron chi connectivity index (χ2n) is 5.41. The SMILES string of the molecule is CC(OC(=O)C1Cc2cc(Cl)ccc2O1)C(=O)Nc1sccc1C#N. The van der Waals surface area contributed by atoms with E-state index in [0.29, 0.717) is 27.8 Å². The number of anilines is 1. The molecule has 3 rings (SSSR count). The molecule has 1 aliphatic heterocycles. The highest BCUT2D eigenvalue weighted by atomic mass is 35.5. The third-order valence-corrected chi connectivity index (χ3v) is 4.71. The molecule has 128 valence electrons. The van der Waals surface area contributed by atoms with Gasteiger partial charge in [-0.2, -0.15) is 5.26 Å². The van der Waals surface area contributed by atoms with Crippen LogP contribution >= 0.6 is 22.9 Å². The quantitative estimate of drug-likeness (QED) is 0.828. The monoisotopic (exact) mass is 376 g/mol. The molecule has 0 spiro atoms. The molecule has 6 nitrogen and oxygen atoms in total. The number of carbonyl (C=O) groups is 2. The molecule has 0 saturated carbocycles. The minimum atomic E-state index is -1.02. The van der Waals surface area contributed by atoms with Crippen molar-refractivity contribution in [1.82, 2.24) is 0 Å². The maximum absolute atomic E-state index is 12.2. The van der Waals surface area contributed by atoms with Crippen LogP contribution in [0.5, 0.6) is 5.75 Å². The Kier molecular flexibility index (Phi) is 4.93. The molecule has 1 aromatic heterocycles. The number of amides is 1. The van der Waals surface area contributed by atoms with Gasteiger partial charge < -0.3 is 14.8 Å². The van der Waals surface area contributed by atoms with E-state index in [1.807, 2.05) is 6.07 Å². The number of hydrogen-bond acceptors (Lipinski definition) is 6. The molecule has 8 heteroatoms. The van der Waals surface area contributed by atoms with Crippen LogP contribution in [0.15, 0.2) is 29.6 Å². The minimum absolute atomic E-state index is 0.340. The fourth-order valence-electron chi connectivity index (χ4n) is 2.36. The summed E-state index contributed by atoms with van der Waals surface area (Å²) < 4.78 is 10.7. The van der Waals surface area contributed by atoms with Gasteiger partial charge in [0, 0.05) is 11.4 Å². The van der Waals surface area contributed by atoms with Crippen molar-refractivity contribution in [2.45, 2.75) is 25.6 Å². The first kappa shape index (κ1) is 17.3. The largest absolute Gasteiger partial charge is 0.478 e. The highest BCUT2D eigenvalue weighted by molar-refractivity contribution is 7.14. The van der Waals surface area contributed by atoms with Gasteiger partial charge in [-0.05, 0) is 42.1 Å². The molecule has 0 aliphatic carbocycles. The second kappa shape index (κ2) is 7.13. The lowest BCUT2D eigenvalue weighted by molar-refractivity contribution is -0.159. The van der Waals surface area contributed by atoms with Gasteiger partial charge in [0.15, 0.2) is 12.2 Å². The zero-order chi connectivity index (χ0) is 18.0. The van der Waals surface area contributed by atoms with Crippen LogP contribution in [0, 0.1) is 11.3 Å². The van der Waals surface area contributed by atoms with Crippen LogP contribution in [-0.2, 0) is 20.7 Å². The Labute approximate surface area is 152 Å². The molecule has 0 bridgehead atoms. The van der Waals surface area contributed by atoms with Gasteiger partial charge in [-0.1, -0.05) is 11.6 Å². The number of fused-ring (bicyclic) bond motifs is 1. The molecule has 2 unspecified atom stereocenters. The molecule has 1 aliphatic rings. The molecule has 2 atom stereocenters. The number of halogens is 1. The van der Waals surface area contributed by atoms with E-state index < -0.39 is 24.1 Å². The average Bonchev–Trinajstić information content (AvgIpc) is 3.20. The zero-order valence-electron chi connectivity index (χ0n) is 13.1. The van der Waals surface area contributed by atoms with Crippen LogP contribution in [0.25, 0.3) is 0 Å². The molecule has 1 N–H and O–H groups in total. The Morgan fingerprint density at radius 3 is 3.04 bits per heavy atom. The first-order valence-corrected chi connectivity index (χ1v) is 8.67. The van der Waals surface area contributed by atoms with E-state index >= 15 is 0 Å². The van der Waals surface area contributed by atoms with Gasteiger partial charge in [0.25, 0.3) is 5.91 Å². The van der Waals surface area contributed by atoms with Gasteiger partial charge in [-0.3, -0.25) is 4.79 Å². The number of rotatable bonds is 4. The Morgan fingerprint density at radius 2 is 2.28 bits per heavy atom. The Balaban J connectivity index is 1.58. The standard InChI is InChI=1S/C17H13ClN2O4S/c1-9(15(21)20-16-10(8-19)4-5-25-16)23-17(22)14-7-11-6-12(18)2-3-13(11)24-14/h2-6,9,14H,7H2,1H3,(H,20,21). The molecule has 2 aromatic rings. The van der Waals surface area contributed by atoms with Gasteiger partial charge in [0.05, 0.1) is 5.56 Å². The Hall–Kier alpha value is -2.56. The molecule has 0 radical (unpaired) electrons. The number of ether oxygens (including phenoxy) is 2. The molecule has 25 heavy (non-hydrogen) atoms. The number of nitrogens with one attached hydrogen (secondary N) is 1. The maximum atomic E-state index is 12.2. The molecule has 2 heterocycles. The summed E-state index contributed by atoms with van der Waals surface area (Å²) in [6.07, 6.45) is -1.48. The van der Waals surface area contributed by atoms with E-state index in [2.05, 4.69) is 5.32 Å². The summed E-state index contributed by atoms with van der Waals surface area (Å²) in [5.41, 5.74) is 1.19. The predicted molar refractivity (Wildman–Crippen MR) is 92.8 cm³/mol. The van der Waals surface area contributed by atoms with Crippen LogP contribution in [0.3, 0.4) is 0 Å². The summed E-state index contributed by atoms with van der Waals surface area (Å²) in [6, 6.07) is 8.69. The van der Waals surface area contributed by atoms with Crippen molar-refractivity contribution in [3.05, 3.63) is 45.8 Å². The lowest BCUT2D eigenvalue weighted by Gasteiger charge is -2.15. The van der Waals surface area contributed by atoms with Crippen LogP contribution in [0.1, 0.15) is 18.1 Å². The lowest BCUT2D eigenvalue weighted by atomic mass is 10.1. The minimum Gasteiger partial charge on any atom is -0.478 e. The highest BCUT2D eigenvalue weighted by Gasteiger charge is 2.32. The van der Waals surface area contributed by atoms with E-state index in [1.54, 1.807) is 29.6 Å². The summed E-state index contributed by atoms with van der Waals surface area (Å²) >= 11 is 7.15. The lowest BCUT2D eigenvalue weighted by Crippen LogP contribution is -2.35. The van der Waals surface area contributed by atoms with Crippen LogP contribution in [0.2, 0.25) is 5.02 Å². The van der Waals surface area contributed by atoms with Gasteiger partial charge >= 0.3 is 5.97 Å². The van der Waals surface area contributed by atoms with E-state index in [1.165, 1.54) is 18.3 Å². The molecule has 0 fully saturated rings.